The molecule has 0 aromatic heterocycles. The van der Waals surface area contributed by atoms with Gasteiger partial charge in [-0.05, 0) is 56.6 Å². The minimum absolute atomic E-state index is 0.146. The van der Waals surface area contributed by atoms with Gasteiger partial charge in [0.25, 0.3) is 0 Å². The van der Waals surface area contributed by atoms with Gasteiger partial charge in [0, 0.05) is 20.7 Å². The first-order chi connectivity index (χ1) is 11.6. The Hall–Kier alpha value is -1.66. The third kappa shape index (κ3) is 4.92. The molecular formula is C18H27FN2O3. The smallest absolute Gasteiger partial charge is 0.230 e. The van der Waals surface area contributed by atoms with Gasteiger partial charge < -0.3 is 19.7 Å². The van der Waals surface area contributed by atoms with Gasteiger partial charge in [-0.3, -0.25) is 4.79 Å². The number of rotatable bonds is 8. The Morgan fingerprint density at radius 1 is 1.29 bits per heavy atom. The number of amides is 1. The van der Waals surface area contributed by atoms with E-state index in [4.69, 9.17) is 9.47 Å². The van der Waals surface area contributed by atoms with Crippen LogP contribution in [0.2, 0.25) is 0 Å². The summed E-state index contributed by atoms with van der Waals surface area (Å²) in [6, 6.07) is 5.95. The lowest BCUT2D eigenvalue weighted by atomic mass is 9.78. The monoisotopic (exact) mass is 338 g/mol. The first-order valence-corrected chi connectivity index (χ1v) is 8.41. The van der Waals surface area contributed by atoms with Crippen molar-refractivity contribution < 1.29 is 18.7 Å². The lowest BCUT2D eigenvalue weighted by Gasteiger charge is -2.38. The average Bonchev–Trinajstić information content (AvgIpc) is 2.60. The second-order valence-corrected chi connectivity index (χ2v) is 6.35. The van der Waals surface area contributed by atoms with Crippen molar-refractivity contribution in [2.75, 3.05) is 47.0 Å². The molecule has 0 radical (unpaired) electrons. The summed E-state index contributed by atoms with van der Waals surface area (Å²) in [6.45, 7) is 3.26. The number of ether oxygens (including phenoxy) is 2. The van der Waals surface area contributed by atoms with Gasteiger partial charge in [-0.25, -0.2) is 4.39 Å². The van der Waals surface area contributed by atoms with Crippen LogP contribution in [0.1, 0.15) is 19.3 Å². The van der Waals surface area contributed by atoms with E-state index in [9.17, 15) is 9.18 Å². The van der Waals surface area contributed by atoms with Crippen molar-refractivity contribution in [3.05, 3.63) is 30.1 Å². The van der Waals surface area contributed by atoms with Gasteiger partial charge in [0.1, 0.15) is 11.6 Å². The molecule has 5 nitrogen and oxygen atoms in total. The number of piperidine rings is 1. The number of carbonyl (C=O) groups excluding carboxylic acids is 1. The maximum atomic E-state index is 12.8. The number of carbonyl (C=O) groups is 1. The molecule has 0 unspecified atom stereocenters. The molecule has 24 heavy (non-hydrogen) atoms. The Bertz CT molecular complexity index is 510. The second-order valence-electron chi connectivity index (χ2n) is 6.35. The summed E-state index contributed by atoms with van der Waals surface area (Å²) in [5.74, 6) is 0.505. The molecule has 1 aromatic rings. The van der Waals surface area contributed by atoms with E-state index in [0.29, 0.717) is 25.5 Å². The Morgan fingerprint density at radius 3 is 2.58 bits per heavy atom. The molecule has 0 spiro atoms. The quantitative estimate of drug-likeness (QED) is 0.737. The molecule has 1 aromatic carbocycles. The summed E-state index contributed by atoms with van der Waals surface area (Å²) < 4.78 is 23.7. The van der Waals surface area contributed by atoms with Crippen molar-refractivity contribution in [2.45, 2.75) is 19.3 Å². The van der Waals surface area contributed by atoms with E-state index in [1.165, 1.54) is 12.1 Å². The number of nitrogens with one attached hydrogen (secondary N) is 1. The largest absolute Gasteiger partial charge is 0.494 e. The van der Waals surface area contributed by atoms with Crippen LogP contribution in [0.3, 0.4) is 0 Å². The van der Waals surface area contributed by atoms with Crippen molar-refractivity contribution in [2.24, 2.45) is 5.41 Å². The highest BCUT2D eigenvalue weighted by Gasteiger charge is 2.41. The van der Waals surface area contributed by atoms with Crippen LogP contribution in [0.4, 0.5) is 4.39 Å². The van der Waals surface area contributed by atoms with E-state index in [-0.39, 0.29) is 11.7 Å². The van der Waals surface area contributed by atoms with Gasteiger partial charge in [-0.2, -0.15) is 0 Å². The van der Waals surface area contributed by atoms with Gasteiger partial charge >= 0.3 is 0 Å². The van der Waals surface area contributed by atoms with Crippen LogP contribution in [-0.4, -0.2) is 57.8 Å². The Labute approximate surface area is 143 Å². The fraction of sp³-hybridized carbons (Fsp3) is 0.611. The molecule has 0 saturated carbocycles. The Kier molecular flexibility index (Phi) is 6.99. The average molecular weight is 338 g/mol. The van der Waals surface area contributed by atoms with E-state index in [0.717, 1.165) is 32.4 Å². The third-order valence-electron chi connectivity index (χ3n) is 4.50. The van der Waals surface area contributed by atoms with Crippen molar-refractivity contribution in [1.29, 1.82) is 0 Å². The predicted octanol–water partition coefficient (Wildman–Crippen LogP) is 2.07. The number of benzene rings is 1. The van der Waals surface area contributed by atoms with Crippen molar-refractivity contribution in [3.8, 4) is 5.75 Å². The molecule has 1 saturated heterocycles. The van der Waals surface area contributed by atoms with Crippen LogP contribution in [-0.2, 0) is 9.53 Å². The fourth-order valence-corrected chi connectivity index (χ4v) is 3.13. The van der Waals surface area contributed by atoms with Crippen LogP contribution >= 0.6 is 0 Å². The fourth-order valence-electron chi connectivity index (χ4n) is 3.13. The maximum absolute atomic E-state index is 12.8. The molecule has 6 heteroatoms. The summed E-state index contributed by atoms with van der Waals surface area (Å²) in [7, 11) is 3.48. The zero-order valence-corrected chi connectivity index (χ0v) is 14.5. The number of halogens is 1. The zero-order chi connectivity index (χ0) is 17.4. The standard InChI is InChI=1S/C18H27FN2O3/c1-21(12-3-13-24-16-6-4-15(19)5-7-16)17(22)18(14-23-2)8-10-20-11-9-18/h4-7,20H,3,8-14H2,1-2H3. The van der Waals surface area contributed by atoms with E-state index in [1.54, 1.807) is 24.1 Å². The highest BCUT2D eigenvalue weighted by Crippen LogP contribution is 2.31. The molecule has 1 amide bonds. The SMILES string of the molecule is COCC1(C(=O)N(C)CCCOc2ccc(F)cc2)CCNCC1. The molecule has 0 bridgehead atoms. The molecular weight excluding hydrogens is 311 g/mol. The van der Waals surface area contributed by atoms with E-state index < -0.39 is 5.41 Å². The molecule has 2 rings (SSSR count). The van der Waals surface area contributed by atoms with E-state index in [2.05, 4.69) is 5.32 Å². The lowest BCUT2D eigenvalue weighted by Crippen LogP contribution is -2.50. The Morgan fingerprint density at radius 2 is 1.96 bits per heavy atom. The minimum Gasteiger partial charge on any atom is -0.494 e. The number of hydrogen-bond donors (Lipinski definition) is 1. The predicted molar refractivity (Wildman–Crippen MR) is 90.6 cm³/mol. The lowest BCUT2D eigenvalue weighted by molar-refractivity contribution is -0.146. The van der Waals surface area contributed by atoms with Crippen LogP contribution in [0.5, 0.6) is 5.75 Å². The van der Waals surface area contributed by atoms with Crippen molar-refractivity contribution >= 4 is 5.91 Å². The van der Waals surface area contributed by atoms with Crippen LogP contribution in [0.25, 0.3) is 0 Å². The first-order valence-electron chi connectivity index (χ1n) is 8.41. The molecule has 1 aliphatic heterocycles. The van der Waals surface area contributed by atoms with Crippen molar-refractivity contribution in [3.63, 3.8) is 0 Å². The van der Waals surface area contributed by atoms with Crippen LogP contribution in [0.15, 0.2) is 24.3 Å². The molecule has 0 atom stereocenters. The summed E-state index contributed by atoms with van der Waals surface area (Å²) in [4.78, 5) is 14.6. The molecule has 1 heterocycles. The summed E-state index contributed by atoms with van der Waals surface area (Å²) in [6.07, 6.45) is 2.33. The van der Waals surface area contributed by atoms with Gasteiger partial charge in [0.15, 0.2) is 0 Å². The zero-order valence-electron chi connectivity index (χ0n) is 14.5. The number of methoxy groups -OCH3 is 1. The normalized spacial score (nSPS) is 16.6. The van der Waals surface area contributed by atoms with Gasteiger partial charge in [0.05, 0.1) is 18.6 Å². The summed E-state index contributed by atoms with van der Waals surface area (Å²) in [5, 5.41) is 3.29. The maximum Gasteiger partial charge on any atom is 0.230 e. The topological polar surface area (TPSA) is 50.8 Å². The number of nitrogens with zero attached hydrogens (tertiary/aromatic N) is 1. The summed E-state index contributed by atoms with van der Waals surface area (Å²) >= 11 is 0. The third-order valence-corrected chi connectivity index (χ3v) is 4.50. The second kappa shape index (κ2) is 8.99. The van der Waals surface area contributed by atoms with Crippen LogP contribution in [0, 0.1) is 11.2 Å². The highest BCUT2D eigenvalue weighted by atomic mass is 19.1. The van der Waals surface area contributed by atoms with Crippen LogP contribution < -0.4 is 10.1 Å². The van der Waals surface area contributed by atoms with Crippen molar-refractivity contribution in [1.82, 2.24) is 10.2 Å². The molecule has 1 N–H and O–H groups in total. The molecule has 0 aliphatic carbocycles. The highest BCUT2D eigenvalue weighted by molar-refractivity contribution is 5.82. The van der Waals surface area contributed by atoms with Gasteiger partial charge in [-0.1, -0.05) is 0 Å². The molecule has 1 fully saturated rings. The van der Waals surface area contributed by atoms with E-state index >= 15 is 0 Å². The minimum atomic E-state index is -0.410. The molecule has 1 aliphatic rings. The number of hydrogen-bond acceptors (Lipinski definition) is 4. The van der Waals surface area contributed by atoms with Gasteiger partial charge in [0.2, 0.25) is 5.91 Å². The Balaban J connectivity index is 1.78. The summed E-state index contributed by atoms with van der Waals surface area (Å²) in [5.41, 5.74) is -0.410. The molecule has 134 valence electrons. The first kappa shape index (κ1) is 18.7. The van der Waals surface area contributed by atoms with E-state index in [1.807, 2.05) is 7.05 Å². The van der Waals surface area contributed by atoms with Gasteiger partial charge in [-0.15, -0.1) is 0 Å².